The lowest BCUT2D eigenvalue weighted by molar-refractivity contribution is 0.762. The van der Waals surface area contributed by atoms with Gasteiger partial charge in [0.1, 0.15) is 0 Å². The number of hydrogen-bond acceptors (Lipinski definition) is 5. The van der Waals surface area contributed by atoms with Crippen LogP contribution in [0.5, 0.6) is 0 Å². The lowest BCUT2D eigenvalue weighted by Gasteiger charge is -2.17. The second-order valence-corrected chi connectivity index (χ2v) is 7.18. The van der Waals surface area contributed by atoms with E-state index in [-0.39, 0.29) is 5.56 Å². The van der Waals surface area contributed by atoms with Gasteiger partial charge in [-0.2, -0.15) is 0 Å². The smallest absolute Gasteiger partial charge is 0.263 e. The molecule has 1 saturated heterocycles. The summed E-state index contributed by atoms with van der Waals surface area (Å²) in [5.41, 5.74) is 1.56. The van der Waals surface area contributed by atoms with E-state index in [1.165, 1.54) is 0 Å². The molecule has 1 aromatic carbocycles. The average molecular weight is 381 g/mol. The molecule has 5 rings (SSSR count). The van der Waals surface area contributed by atoms with Crippen molar-refractivity contribution in [2.45, 2.75) is 19.4 Å². The summed E-state index contributed by atoms with van der Waals surface area (Å²) in [6.45, 7) is 2.26. The molecule has 7 nitrogen and oxygen atoms in total. The first-order valence-corrected chi connectivity index (χ1v) is 9.31. The maximum atomic E-state index is 13.2. The predicted octanol–water partition coefficient (Wildman–Crippen LogP) is 2.74. The third-order valence-corrected chi connectivity index (χ3v) is 5.23. The molecule has 1 aliphatic rings. The fourth-order valence-corrected chi connectivity index (χ4v) is 3.88. The van der Waals surface area contributed by atoms with Gasteiger partial charge in [-0.3, -0.25) is 14.3 Å². The van der Waals surface area contributed by atoms with Crippen LogP contribution in [0.1, 0.15) is 18.4 Å². The third kappa shape index (κ3) is 2.66. The second kappa shape index (κ2) is 6.35. The van der Waals surface area contributed by atoms with Crippen molar-refractivity contribution in [1.82, 2.24) is 24.1 Å². The molecule has 0 bridgehead atoms. The van der Waals surface area contributed by atoms with E-state index in [4.69, 9.17) is 11.6 Å². The summed E-state index contributed by atoms with van der Waals surface area (Å²) in [4.78, 5) is 19.6. The van der Waals surface area contributed by atoms with Crippen LogP contribution >= 0.6 is 11.6 Å². The minimum Gasteiger partial charge on any atom is -0.341 e. The van der Waals surface area contributed by atoms with E-state index in [0.717, 1.165) is 43.0 Å². The van der Waals surface area contributed by atoms with Gasteiger partial charge in [0.25, 0.3) is 5.56 Å². The summed E-state index contributed by atoms with van der Waals surface area (Å²) in [5.74, 6) is 1.30. The standard InChI is InChI=1S/C19H17ClN6O/c20-14-5-6-16-15(10-14)17(27)25(12-13-4-3-7-21-11-13)19-23-22-18(26(16)19)24-8-1-2-9-24/h3-7,10-11H,1-2,8-9,12H2. The van der Waals surface area contributed by atoms with E-state index in [9.17, 15) is 4.79 Å². The summed E-state index contributed by atoms with van der Waals surface area (Å²) in [6, 6.07) is 9.17. The predicted molar refractivity (Wildman–Crippen MR) is 105 cm³/mol. The highest BCUT2D eigenvalue weighted by Gasteiger charge is 2.22. The van der Waals surface area contributed by atoms with Crippen molar-refractivity contribution < 1.29 is 0 Å². The fourth-order valence-electron chi connectivity index (χ4n) is 3.71. The zero-order valence-electron chi connectivity index (χ0n) is 14.5. The van der Waals surface area contributed by atoms with Crippen molar-refractivity contribution in [1.29, 1.82) is 0 Å². The van der Waals surface area contributed by atoms with Gasteiger partial charge in [-0.05, 0) is 42.7 Å². The van der Waals surface area contributed by atoms with Gasteiger partial charge < -0.3 is 4.90 Å². The SMILES string of the molecule is O=c1c2cc(Cl)ccc2n2c(N3CCCC3)nnc2n1Cc1cccnc1. The molecule has 136 valence electrons. The molecule has 0 saturated carbocycles. The van der Waals surface area contributed by atoms with Crippen LogP contribution in [0.4, 0.5) is 5.95 Å². The normalized spacial score (nSPS) is 14.5. The van der Waals surface area contributed by atoms with Crippen molar-refractivity contribution >= 4 is 34.2 Å². The zero-order chi connectivity index (χ0) is 18.4. The number of pyridine rings is 1. The molecule has 0 radical (unpaired) electrons. The molecule has 0 spiro atoms. The lowest BCUT2D eigenvalue weighted by Crippen LogP contribution is -2.26. The largest absolute Gasteiger partial charge is 0.341 e. The summed E-state index contributed by atoms with van der Waals surface area (Å²) in [5, 5.41) is 9.88. The summed E-state index contributed by atoms with van der Waals surface area (Å²) in [6.07, 6.45) is 5.73. The number of benzene rings is 1. The lowest BCUT2D eigenvalue weighted by atomic mass is 10.2. The van der Waals surface area contributed by atoms with Gasteiger partial charge >= 0.3 is 0 Å². The minimum absolute atomic E-state index is 0.135. The monoisotopic (exact) mass is 380 g/mol. The Morgan fingerprint density at radius 1 is 1.11 bits per heavy atom. The summed E-state index contributed by atoms with van der Waals surface area (Å²) in [7, 11) is 0. The van der Waals surface area contributed by atoms with Gasteiger partial charge in [0.05, 0.1) is 17.4 Å². The second-order valence-electron chi connectivity index (χ2n) is 6.74. The van der Waals surface area contributed by atoms with Gasteiger partial charge in [-0.25, -0.2) is 4.40 Å². The van der Waals surface area contributed by atoms with Gasteiger partial charge in [0, 0.05) is 30.5 Å². The zero-order valence-corrected chi connectivity index (χ0v) is 15.3. The van der Waals surface area contributed by atoms with Crippen LogP contribution in [-0.4, -0.2) is 37.2 Å². The van der Waals surface area contributed by atoms with Gasteiger partial charge in [0.15, 0.2) is 0 Å². The number of halogens is 1. The van der Waals surface area contributed by atoms with Crippen LogP contribution in [0.2, 0.25) is 5.02 Å². The Morgan fingerprint density at radius 2 is 1.96 bits per heavy atom. The van der Waals surface area contributed by atoms with Crippen LogP contribution in [0.3, 0.4) is 0 Å². The molecule has 1 aliphatic heterocycles. The first-order valence-electron chi connectivity index (χ1n) is 8.93. The minimum atomic E-state index is -0.135. The summed E-state index contributed by atoms with van der Waals surface area (Å²) < 4.78 is 3.61. The van der Waals surface area contributed by atoms with E-state index >= 15 is 0 Å². The van der Waals surface area contributed by atoms with Crippen molar-refractivity contribution in [3.63, 3.8) is 0 Å². The van der Waals surface area contributed by atoms with Crippen LogP contribution < -0.4 is 10.5 Å². The Labute approximate surface area is 159 Å². The molecular weight excluding hydrogens is 364 g/mol. The first kappa shape index (κ1) is 16.3. The molecule has 3 aromatic heterocycles. The van der Waals surface area contributed by atoms with Gasteiger partial charge in [-0.1, -0.05) is 17.7 Å². The number of fused-ring (bicyclic) bond motifs is 3. The number of aromatic nitrogens is 5. The van der Waals surface area contributed by atoms with Crippen LogP contribution in [0.25, 0.3) is 16.7 Å². The van der Waals surface area contributed by atoms with E-state index in [2.05, 4.69) is 20.1 Å². The summed E-state index contributed by atoms with van der Waals surface area (Å²) >= 11 is 6.19. The number of hydrogen-bond donors (Lipinski definition) is 0. The average Bonchev–Trinajstić information content (AvgIpc) is 3.35. The highest BCUT2D eigenvalue weighted by molar-refractivity contribution is 6.31. The molecule has 0 N–H and O–H groups in total. The van der Waals surface area contributed by atoms with Crippen molar-refractivity contribution in [3.8, 4) is 0 Å². The third-order valence-electron chi connectivity index (χ3n) is 5.00. The molecule has 0 atom stereocenters. The van der Waals surface area contributed by atoms with E-state index in [0.29, 0.717) is 22.7 Å². The van der Waals surface area contributed by atoms with E-state index in [1.807, 2.05) is 22.6 Å². The first-order chi connectivity index (χ1) is 13.2. The Hall–Kier alpha value is -2.93. The van der Waals surface area contributed by atoms with Crippen molar-refractivity contribution in [2.24, 2.45) is 0 Å². The van der Waals surface area contributed by atoms with E-state index in [1.54, 1.807) is 29.1 Å². The quantitative estimate of drug-likeness (QED) is 0.546. The van der Waals surface area contributed by atoms with Gasteiger partial charge in [0.2, 0.25) is 11.7 Å². The molecule has 0 amide bonds. The van der Waals surface area contributed by atoms with Crippen LogP contribution in [-0.2, 0) is 6.54 Å². The highest BCUT2D eigenvalue weighted by atomic mass is 35.5. The fraction of sp³-hybridized carbons (Fsp3) is 0.263. The Bertz CT molecular complexity index is 1190. The molecule has 4 aromatic rings. The Kier molecular flexibility index (Phi) is 3.82. The molecule has 8 heteroatoms. The number of rotatable bonds is 3. The molecule has 4 heterocycles. The molecule has 0 unspecified atom stereocenters. The maximum absolute atomic E-state index is 13.2. The Balaban J connectivity index is 1.82. The van der Waals surface area contributed by atoms with Crippen LogP contribution in [0.15, 0.2) is 47.5 Å². The molecule has 27 heavy (non-hydrogen) atoms. The van der Waals surface area contributed by atoms with Crippen molar-refractivity contribution in [3.05, 3.63) is 63.7 Å². The highest BCUT2D eigenvalue weighted by Crippen LogP contribution is 2.24. The van der Waals surface area contributed by atoms with Crippen molar-refractivity contribution in [2.75, 3.05) is 18.0 Å². The number of anilines is 1. The number of nitrogens with zero attached hydrogens (tertiary/aromatic N) is 6. The molecule has 1 fully saturated rings. The maximum Gasteiger partial charge on any atom is 0.263 e. The Morgan fingerprint density at radius 3 is 2.74 bits per heavy atom. The van der Waals surface area contributed by atoms with Gasteiger partial charge in [-0.15, -0.1) is 10.2 Å². The van der Waals surface area contributed by atoms with Crippen LogP contribution in [0, 0.1) is 0 Å². The van der Waals surface area contributed by atoms with E-state index < -0.39 is 0 Å². The molecule has 0 aliphatic carbocycles. The molecular formula is C19H17ClN6O. The topological polar surface area (TPSA) is 68.3 Å².